The van der Waals surface area contributed by atoms with Gasteiger partial charge in [0.25, 0.3) is 0 Å². The van der Waals surface area contributed by atoms with Crippen molar-refractivity contribution in [3.05, 3.63) is 30.1 Å². The maximum atomic E-state index is 12.5. The summed E-state index contributed by atoms with van der Waals surface area (Å²) in [6.07, 6.45) is 2.35. The van der Waals surface area contributed by atoms with Crippen molar-refractivity contribution in [2.75, 3.05) is 18.5 Å². The van der Waals surface area contributed by atoms with Crippen molar-refractivity contribution >= 4 is 26.7 Å². The van der Waals surface area contributed by atoms with Crippen molar-refractivity contribution in [3.63, 3.8) is 0 Å². The van der Waals surface area contributed by atoms with Crippen LogP contribution in [0.5, 0.6) is 5.75 Å². The molecule has 3 nitrogen and oxygen atoms in total. The molecule has 0 spiro atoms. The monoisotopic (exact) mass is 294 g/mol. The van der Waals surface area contributed by atoms with Gasteiger partial charge in [-0.15, -0.1) is 0 Å². The van der Waals surface area contributed by atoms with Gasteiger partial charge in [-0.2, -0.15) is 0 Å². The Morgan fingerprint density at radius 2 is 2.30 bits per heavy atom. The van der Waals surface area contributed by atoms with Crippen molar-refractivity contribution in [1.82, 2.24) is 4.98 Å². The van der Waals surface area contributed by atoms with Crippen LogP contribution in [0.2, 0.25) is 0 Å². The highest BCUT2D eigenvalue weighted by atomic mass is 32.1. The van der Waals surface area contributed by atoms with E-state index in [2.05, 4.69) is 17.2 Å². The van der Waals surface area contributed by atoms with E-state index in [1.165, 1.54) is 0 Å². The molecule has 1 aromatic carbocycles. The van der Waals surface area contributed by atoms with Crippen molar-refractivity contribution in [2.24, 2.45) is 0 Å². The summed E-state index contributed by atoms with van der Waals surface area (Å²) < 4.78 is 19.1. The van der Waals surface area contributed by atoms with Crippen LogP contribution in [0.4, 0.5) is 9.52 Å². The molecular weight excluding hydrogens is 275 g/mol. The Labute approximate surface area is 122 Å². The van der Waals surface area contributed by atoms with E-state index < -0.39 is 0 Å². The third-order valence-corrected chi connectivity index (χ3v) is 3.89. The summed E-state index contributed by atoms with van der Waals surface area (Å²) in [5.74, 6) is 0.746. The second-order valence-electron chi connectivity index (χ2n) is 4.48. The highest BCUT2D eigenvalue weighted by molar-refractivity contribution is 7.22. The molecule has 0 bridgehead atoms. The van der Waals surface area contributed by atoms with Gasteiger partial charge in [0.05, 0.1) is 16.5 Å². The topological polar surface area (TPSA) is 34.2 Å². The molecule has 2 rings (SSSR count). The number of halogens is 1. The summed E-state index contributed by atoms with van der Waals surface area (Å²) >= 11 is 1.61. The number of thiazole rings is 1. The van der Waals surface area contributed by atoms with E-state index >= 15 is 0 Å². The van der Waals surface area contributed by atoms with Crippen molar-refractivity contribution in [3.8, 4) is 5.75 Å². The third kappa shape index (κ3) is 3.70. The van der Waals surface area contributed by atoms with Crippen LogP contribution in [-0.4, -0.2) is 18.1 Å². The molecule has 0 fully saturated rings. The average molecular weight is 294 g/mol. The zero-order valence-electron chi connectivity index (χ0n) is 11.8. The fraction of sp³-hybridized carbons (Fsp3) is 0.400. The number of anilines is 1. The van der Waals surface area contributed by atoms with Crippen LogP contribution in [0, 0.1) is 0 Å². The molecule has 108 valence electrons. The SMILES string of the molecule is CCCNc1nc2ccc(OC/C(=C\F)CC)cc2s1. The van der Waals surface area contributed by atoms with Crippen LogP contribution in [0.15, 0.2) is 30.1 Å². The van der Waals surface area contributed by atoms with Crippen LogP contribution >= 0.6 is 11.3 Å². The van der Waals surface area contributed by atoms with E-state index in [-0.39, 0.29) is 6.61 Å². The lowest BCUT2D eigenvalue weighted by atomic mass is 10.2. The summed E-state index contributed by atoms with van der Waals surface area (Å²) in [5.41, 5.74) is 1.61. The predicted octanol–water partition coefficient (Wildman–Crippen LogP) is 4.76. The van der Waals surface area contributed by atoms with Crippen molar-refractivity contribution < 1.29 is 9.13 Å². The quantitative estimate of drug-likeness (QED) is 0.799. The third-order valence-electron chi connectivity index (χ3n) is 2.92. The molecule has 0 atom stereocenters. The highest BCUT2D eigenvalue weighted by Crippen LogP contribution is 2.29. The minimum Gasteiger partial charge on any atom is -0.489 e. The number of nitrogens with one attached hydrogen (secondary N) is 1. The first kappa shape index (κ1) is 14.8. The van der Waals surface area contributed by atoms with E-state index in [0.717, 1.165) is 34.1 Å². The van der Waals surface area contributed by atoms with Gasteiger partial charge in [0.15, 0.2) is 5.13 Å². The minimum atomic E-state index is 0.290. The second-order valence-corrected chi connectivity index (χ2v) is 5.52. The molecular formula is C15H19FN2OS. The van der Waals surface area contributed by atoms with Gasteiger partial charge in [0.2, 0.25) is 0 Å². The number of fused-ring (bicyclic) bond motifs is 1. The van der Waals surface area contributed by atoms with Crippen LogP contribution < -0.4 is 10.1 Å². The number of rotatable bonds is 7. The predicted molar refractivity (Wildman–Crippen MR) is 83.4 cm³/mol. The number of hydrogen-bond acceptors (Lipinski definition) is 4. The van der Waals surface area contributed by atoms with Gasteiger partial charge in [-0.3, -0.25) is 0 Å². The zero-order valence-corrected chi connectivity index (χ0v) is 12.6. The lowest BCUT2D eigenvalue weighted by Crippen LogP contribution is -1.99. The first-order valence-corrected chi connectivity index (χ1v) is 7.63. The summed E-state index contributed by atoms with van der Waals surface area (Å²) in [6, 6.07) is 5.76. The fourth-order valence-corrected chi connectivity index (χ4v) is 2.61. The summed E-state index contributed by atoms with van der Waals surface area (Å²) in [4.78, 5) is 4.50. The largest absolute Gasteiger partial charge is 0.489 e. The molecule has 0 amide bonds. The Kier molecular flexibility index (Phi) is 5.35. The molecule has 5 heteroatoms. The van der Waals surface area contributed by atoms with Gasteiger partial charge in [-0.25, -0.2) is 9.37 Å². The number of hydrogen-bond donors (Lipinski definition) is 1. The number of ether oxygens (including phenoxy) is 1. The molecule has 0 unspecified atom stereocenters. The normalized spacial score (nSPS) is 11.8. The first-order chi connectivity index (χ1) is 9.76. The second kappa shape index (κ2) is 7.24. The Morgan fingerprint density at radius 1 is 1.45 bits per heavy atom. The van der Waals surface area contributed by atoms with E-state index in [0.29, 0.717) is 18.3 Å². The molecule has 0 aliphatic rings. The smallest absolute Gasteiger partial charge is 0.183 e. The fourth-order valence-electron chi connectivity index (χ4n) is 1.69. The molecule has 0 aliphatic heterocycles. The molecule has 20 heavy (non-hydrogen) atoms. The molecule has 0 saturated heterocycles. The lowest BCUT2D eigenvalue weighted by molar-refractivity contribution is 0.346. The van der Waals surface area contributed by atoms with E-state index in [4.69, 9.17) is 4.74 Å². The number of nitrogens with zero attached hydrogens (tertiary/aromatic N) is 1. The summed E-state index contributed by atoms with van der Waals surface area (Å²) in [6.45, 7) is 5.24. The van der Waals surface area contributed by atoms with Gasteiger partial charge in [-0.05, 0) is 36.6 Å². The van der Waals surface area contributed by atoms with Crippen molar-refractivity contribution in [2.45, 2.75) is 26.7 Å². The molecule has 0 saturated carbocycles. The molecule has 0 aliphatic carbocycles. The van der Waals surface area contributed by atoms with Crippen LogP contribution in [0.25, 0.3) is 10.2 Å². The number of benzene rings is 1. The van der Waals surface area contributed by atoms with E-state index in [1.807, 2.05) is 25.1 Å². The van der Waals surface area contributed by atoms with Crippen LogP contribution in [-0.2, 0) is 0 Å². The Morgan fingerprint density at radius 3 is 3.00 bits per heavy atom. The van der Waals surface area contributed by atoms with Gasteiger partial charge in [-0.1, -0.05) is 25.2 Å². The first-order valence-electron chi connectivity index (χ1n) is 6.82. The van der Waals surface area contributed by atoms with Crippen LogP contribution in [0.3, 0.4) is 0 Å². The number of aromatic nitrogens is 1. The standard InChI is InChI=1S/C15H19FN2OS/c1-3-7-17-15-18-13-6-5-12(8-14(13)20-15)19-10-11(4-2)9-16/h5-6,8-9H,3-4,7,10H2,1-2H3,(H,17,18)/b11-9-. The Hall–Kier alpha value is -1.62. The molecule has 1 N–H and O–H groups in total. The van der Waals surface area contributed by atoms with Crippen molar-refractivity contribution in [1.29, 1.82) is 0 Å². The molecule has 1 aromatic heterocycles. The Balaban J connectivity index is 2.08. The maximum Gasteiger partial charge on any atom is 0.183 e. The van der Waals surface area contributed by atoms with Crippen LogP contribution in [0.1, 0.15) is 26.7 Å². The molecule has 0 radical (unpaired) electrons. The maximum absolute atomic E-state index is 12.5. The Bertz CT molecular complexity index is 595. The van der Waals surface area contributed by atoms with Gasteiger partial charge < -0.3 is 10.1 Å². The van der Waals surface area contributed by atoms with Gasteiger partial charge in [0.1, 0.15) is 12.4 Å². The lowest BCUT2D eigenvalue weighted by Gasteiger charge is -2.06. The summed E-state index contributed by atoms with van der Waals surface area (Å²) in [5, 5.41) is 4.21. The van der Waals surface area contributed by atoms with E-state index in [1.54, 1.807) is 11.3 Å². The van der Waals surface area contributed by atoms with Gasteiger partial charge in [0, 0.05) is 6.54 Å². The van der Waals surface area contributed by atoms with E-state index in [9.17, 15) is 4.39 Å². The zero-order chi connectivity index (χ0) is 14.4. The average Bonchev–Trinajstić information content (AvgIpc) is 2.88. The highest BCUT2D eigenvalue weighted by Gasteiger charge is 2.05. The summed E-state index contributed by atoms with van der Waals surface area (Å²) in [7, 11) is 0. The molecule has 1 heterocycles. The minimum absolute atomic E-state index is 0.290. The van der Waals surface area contributed by atoms with Gasteiger partial charge >= 0.3 is 0 Å². The molecule has 2 aromatic rings.